The summed E-state index contributed by atoms with van der Waals surface area (Å²) in [5.41, 5.74) is 7.27. The molecule has 2 aromatic rings. The first-order chi connectivity index (χ1) is 9.24. The van der Waals surface area contributed by atoms with E-state index in [4.69, 9.17) is 10.6 Å². The second kappa shape index (κ2) is 4.84. The van der Waals surface area contributed by atoms with Crippen LogP contribution in [0.25, 0.3) is 10.9 Å². The Balaban J connectivity index is 1.79. The Hall–Kier alpha value is -2.17. The third-order valence-electron chi connectivity index (χ3n) is 3.47. The van der Waals surface area contributed by atoms with E-state index in [1.807, 2.05) is 18.2 Å². The zero-order valence-corrected chi connectivity index (χ0v) is 10.7. The summed E-state index contributed by atoms with van der Waals surface area (Å²) in [5.74, 6) is 0. The Morgan fingerprint density at radius 3 is 2.74 bits per heavy atom. The fourth-order valence-corrected chi connectivity index (χ4v) is 2.43. The van der Waals surface area contributed by atoms with Crippen LogP contribution in [0.4, 0.5) is 10.5 Å². The molecule has 0 spiro atoms. The van der Waals surface area contributed by atoms with E-state index in [1.54, 1.807) is 17.2 Å². The molecule has 1 aliphatic heterocycles. The van der Waals surface area contributed by atoms with Crippen molar-refractivity contribution in [1.82, 2.24) is 9.63 Å². The number of anilines is 1. The lowest BCUT2D eigenvalue weighted by atomic mass is 10.1. The first-order valence-corrected chi connectivity index (χ1v) is 6.58. The number of piperidine rings is 1. The van der Waals surface area contributed by atoms with Crippen LogP contribution in [-0.4, -0.2) is 28.8 Å². The molecule has 0 bridgehead atoms. The molecule has 2 N–H and O–H groups in total. The zero-order chi connectivity index (χ0) is 13.2. The Morgan fingerprint density at radius 1 is 1.16 bits per heavy atom. The molecule has 1 saturated heterocycles. The molecule has 2 heterocycles. The van der Waals surface area contributed by atoms with Crippen LogP contribution in [0.5, 0.6) is 0 Å². The zero-order valence-electron chi connectivity index (χ0n) is 10.7. The minimum atomic E-state index is -0.283. The van der Waals surface area contributed by atoms with Crippen LogP contribution in [-0.2, 0) is 0 Å². The van der Waals surface area contributed by atoms with Crippen molar-refractivity contribution in [2.45, 2.75) is 19.3 Å². The third-order valence-corrected chi connectivity index (χ3v) is 3.47. The van der Waals surface area contributed by atoms with Gasteiger partial charge < -0.3 is 15.5 Å². The number of benzene rings is 1. The molecule has 5 nitrogen and oxygen atoms in total. The maximum Gasteiger partial charge on any atom is 0.434 e. The second-order valence-electron chi connectivity index (χ2n) is 4.86. The van der Waals surface area contributed by atoms with Gasteiger partial charge in [0.05, 0.1) is 5.52 Å². The van der Waals surface area contributed by atoms with Crippen LogP contribution in [0.15, 0.2) is 30.5 Å². The number of fused-ring (bicyclic) bond motifs is 1. The number of hydrogen-bond acceptors (Lipinski definition) is 3. The van der Waals surface area contributed by atoms with Gasteiger partial charge in [-0.2, -0.15) is 4.73 Å². The predicted molar refractivity (Wildman–Crippen MR) is 73.8 cm³/mol. The quantitative estimate of drug-likeness (QED) is 0.799. The van der Waals surface area contributed by atoms with Gasteiger partial charge in [-0.3, -0.25) is 0 Å². The lowest BCUT2D eigenvalue weighted by Crippen LogP contribution is -2.40. The van der Waals surface area contributed by atoms with Crippen molar-refractivity contribution in [2.75, 3.05) is 18.8 Å². The average molecular weight is 259 g/mol. The molecule has 1 aliphatic rings. The van der Waals surface area contributed by atoms with Crippen LogP contribution in [0.1, 0.15) is 19.3 Å². The van der Waals surface area contributed by atoms with E-state index in [9.17, 15) is 4.79 Å². The molecule has 0 unspecified atom stereocenters. The van der Waals surface area contributed by atoms with Gasteiger partial charge in [0, 0.05) is 30.4 Å². The van der Waals surface area contributed by atoms with E-state index >= 15 is 0 Å². The summed E-state index contributed by atoms with van der Waals surface area (Å²) in [6.45, 7) is 1.57. The first kappa shape index (κ1) is 11.9. The topological polar surface area (TPSA) is 60.5 Å². The Kier molecular flexibility index (Phi) is 3.03. The van der Waals surface area contributed by atoms with Crippen LogP contribution in [0, 0.1) is 0 Å². The van der Waals surface area contributed by atoms with Crippen LogP contribution in [0.3, 0.4) is 0 Å². The molecule has 0 radical (unpaired) electrons. The van der Waals surface area contributed by atoms with Crippen LogP contribution in [0.2, 0.25) is 0 Å². The summed E-state index contributed by atoms with van der Waals surface area (Å²) in [7, 11) is 0. The van der Waals surface area contributed by atoms with Gasteiger partial charge in [-0.1, -0.05) is 0 Å². The standard InChI is InChI=1S/C14H17N3O2/c15-12-4-5-13-11(10-12)6-9-17(13)19-14(18)16-7-2-1-3-8-16/h4-6,9-10H,1-3,7-8,15H2. The lowest BCUT2D eigenvalue weighted by molar-refractivity contribution is 0.0901. The highest BCUT2D eigenvalue weighted by molar-refractivity contribution is 5.83. The number of rotatable bonds is 1. The SMILES string of the molecule is Nc1ccc2c(ccn2OC(=O)N2CCCCC2)c1. The molecule has 100 valence electrons. The van der Waals surface area contributed by atoms with E-state index in [1.165, 1.54) is 11.2 Å². The summed E-state index contributed by atoms with van der Waals surface area (Å²) in [4.78, 5) is 19.2. The largest absolute Gasteiger partial charge is 0.434 e. The van der Waals surface area contributed by atoms with Gasteiger partial charge in [-0.15, -0.1) is 0 Å². The van der Waals surface area contributed by atoms with Gasteiger partial charge in [-0.25, -0.2) is 4.79 Å². The highest BCUT2D eigenvalue weighted by atomic mass is 16.7. The van der Waals surface area contributed by atoms with Crippen molar-refractivity contribution in [3.8, 4) is 0 Å². The number of likely N-dealkylation sites (tertiary alicyclic amines) is 1. The molecule has 3 rings (SSSR count). The van der Waals surface area contributed by atoms with Crippen molar-refractivity contribution >= 4 is 22.7 Å². The molecule has 1 amide bonds. The Labute approximate surface area is 111 Å². The maximum absolute atomic E-state index is 12.0. The van der Waals surface area contributed by atoms with Gasteiger partial charge in [0.25, 0.3) is 0 Å². The number of carbonyl (C=O) groups excluding carboxylic acids is 1. The highest BCUT2D eigenvalue weighted by Gasteiger charge is 2.19. The van der Waals surface area contributed by atoms with Gasteiger partial charge in [0.15, 0.2) is 0 Å². The molecular weight excluding hydrogens is 242 g/mol. The minimum absolute atomic E-state index is 0.283. The Morgan fingerprint density at radius 2 is 1.95 bits per heavy atom. The number of aromatic nitrogens is 1. The lowest BCUT2D eigenvalue weighted by Gasteiger charge is -2.25. The number of nitrogen functional groups attached to an aromatic ring is 1. The van der Waals surface area contributed by atoms with Crippen molar-refractivity contribution in [1.29, 1.82) is 0 Å². The van der Waals surface area contributed by atoms with E-state index in [0.29, 0.717) is 5.69 Å². The fraction of sp³-hybridized carbons (Fsp3) is 0.357. The van der Waals surface area contributed by atoms with Gasteiger partial charge in [0.2, 0.25) is 0 Å². The third kappa shape index (κ3) is 2.36. The summed E-state index contributed by atoms with van der Waals surface area (Å²) in [5, 5.41) is 0.964. The first-order valence-electron chi connectivity index (χ1n) is 6.58. The molecule has 1 fully saturated rings. The summed E-state index contributed by atoms with van der Waals surface area (Å²) in [6, 6.07) is 7.40. The number of hydrogen-bond donors (Lipinski definition) is 1. The molecule has 0 aliphatic carbocycles. The van der Waals surface area contributed by atoms with Crippen molar-refractivity contribution in [3.05, 3.63) is 30.5 Å². The van der Waals surface area contributed by atoms with Crippen molar-refractivity contribution < 1.29 is 9.63 Å². The van der Waals surface area contributed by atoms with Crippen LogP contribution >= 0.6 is 0 Å². The van der Waals surface area contributed by atoms with Crippen LogP contribution < -0.4 is 10.6 Å². The summed E-state index contributed by atoms with van der Waals surface area (Å²) >= 11 is 0. The Bertz CT molecular complexity index is 600. The molecular formula is C14H17N3O2. The molecule has 0 atom stereocenters. The summed E-state index contributed by atoms with van der Waals surface area (Å²) in [6.07, 6.45) is 4.76. The van der Waals surface area contributed by atoms with Gasteiger partial charge in [0.1, 0.15) is 0 Å². The van der Waals surface area contributed by atoms with E-state index in [2.05, 4.69) is 0 Å². The average Bonchev–Trinajstić information content (AvgIpc) is 2.82. The predicted octanol–water partition coefficient (Wildman–Crippen LogP) is 2.26. The van der Waals surface area contributed by atoms with Crippen molar-refractivity contribution in [2.24, 2.45) is 0 Å². The van der Waals surface area contributed by atoms with E-state index in [-0.39, 0.29) is 6.09 Å². The van der Waals surface area contributed by atoms with Gasteiger partial charge in [-0.05, 0) is 43.5 Å². The molecule has 5 heteroatoms. The molecule has 0 saturated carbocycles. The minimum Gasteiger partial charge on any atom is -0.399 e. The maximum atomic E-state index is 12.0. The molecule has 19 heavy (non-hydrogen) atoms. The smallest absolute Gasteiger partial charge is 0.399 e. The monoisotopic (exact) mass is 259 g/mol. The normalized spacial score (nSPS) is 15.7. The number of nitrogens with two attached hydrogens (primary N) is 1. The number of nitrogens with zero attached hydrogens (tertiary/aromatic N) is 2. The highest BCUT2D eigenvalue weighted by Crippen LogP contribution is 2.18. The molecule has 1 aromatic heterocycles. The number of amides is 1. The number of carbonyl (C=O) groups is 1. The van der Waals surface area contributed by atoms with E-state index in [0.717, 1.165) is 36.8 Å². The molecule has 1 aromatic carbocycles. The second-order valence-corrected chi connectivity index (χ2v) is 4.86. The van der Waals surface area contributed by atoms with E-state index < -0.39 is 0 Å². The summed E-state index contributed by atoms with van der Waals surface area (Å²) < 4.78 is 1.51. The van der Waals surface area contributed by atoms with Gasteiger partial charge >= 0.3 is 6.09 Å². The van der Waals surface area contributed by atoms with Crippen molar-refractivity contribution in [3.63, 3.8) is 0 Å². The fourth-order valence-electron chi connectivity index (χ4n) is 2.43.